The fourth-order valence-electron chi connectivity index (χ4n) is 2.34. The van der Waals surface area contributed by atoms with Gasteiger partial charge >= 0.3 is 0 Å². The lowest BCUT2D eigenvalue weighted by Crippen LogP contribution is -2.36. The van der Waals surface area contributed by atoms with Crippen LogP contribution in [0.2, 0.25) is 0 Å². The van der Waals surface area contributed by atoms with Crippen molar-refractivity contribution in [2.45, 2.75) is 25.0 Å². The first-order valence-electron chi connectivity index (χ1n) is 6.24. The monoisotopic (exact) mass is 235 g/mol. The highest BCUT2D eigenvalue weighted by Crippen LogP contribution is 2.19. The molecule has 1 aliphatic heterocycles. The molecule has 0 bridgehead atoms. The minimum atomic E-state index is 0.181. The summed E-state index contributed by atoms with van der Waals surface area (Å²) in [4.78, 5) is 6.63. The summed E-state index contributed by atoms with van der Waals surface area (Å²) in [5.74, 6) is 0. The van der Waals surface area contributed by atoms with E-state index in [4.69, 9.17) is 10.5 Å². The van der Waals surface area contributed by atoms with Crippen molar-refractivity contribution < 1.29 is 4.74 Å². The molecule has 2 heterocycles. The summed E-state index contributed by atoms with van der Waals surface area (Å²) in [6, 6.07) is 6.14. The minimum Gasteiger partial charge on any atom is -0.377 e. The molecule has 0 amide bonds. The van der Waals surface area contributed by atoms with Gasteiger partial charge in [-0.2, -0.15) is 0 Å². The van der Waals surface area contributed by atoms with Gasteiger partial charge in [0.1, 0.15) is 0 Å². The summed E-state index contributed by atoms with van der Waals surface area (Å²) in [6.07, 6.45) is 4.51. The Bertz CT molecular complexity index is 325. The van der Waals surface area contributed by atoms with Crippen molar-refractivity contribution in [3.8, 4) is 0 Å². The number of aromatic nitrogens is 1. The lowest BCUT2D eigenvalue weighted by molar-refractivity contribution is 0.0683. The Balaban J connectivity index is 1.97. The fourth-order valence-corrected chi connectivity index (χ4v) is 2.34. The number of nitrogens with two attached hydrogens (primary N) is 1. The van der Waals surface area contributed by atoms with Gasteiger partial charge in [-0.3, -0.25) is 9.88 Å². The molecule has 0 saturated carbocycles. The molecule has 1 fully saturated rings. The number of likely N-dealkylation sites (N-methyl/N-ethyl adjacent to an activating group) is 1. The average Bonchev–Trinajstić information content (AvgIpc) is 2.84. The quantitative estimate of drug-likeness (QED) is 0.833. The predicted octanol–water partition coefficient (Wildman–Crippen LogP) is 1.19. The molecule has 2 N–H and O–H groups in total. The molecule has 0 aromatic carbocycles. The van der Waals surface area contributed by atoms with Gasteiger partial charge in [-0.1, -0.05) is 6.07 Å². The van der Waals surface area contributed by atoms with E-state index >= 15 is 0 Å². The van der Waals surface area contributed by atoms with Gasteiger partial charge in [0, 0.05) is 25.9 Å². The van der Waals surface area contributed by atoms with E-state index in [2.05, 4.69) is 16.9 Å². The van der Waals surface area contributed by atoms with E-state index in [9.17, 15) is 0 Å². The van der Waals surface area contributed by atoms with E-state index in [0.717, 1.165) is 25.3 Å². The zero-order valence-electron chi connectivity index (χ0n) is 10.4. The summed E-state index contributed by atoms with van der Waals surface area (Å²) in [5.41, 5.74) is 6.89. The second-order valence-electron chi connectivity index (χ2n) is 4.58. The summed E-state index contributed by atoms with van der Waals surface area (Å²) in [5, 5.41) is 0. The largest absolute Gasteiger partial charge is 0.377 e. The predicted molar refractivity (Wildman–Crippen MR) is 67.6 cm³/mol. The zero-order valence-corrected chi connectivity index (χ0v) is 10.4. The first-order valence-corrected chi connectivity index (χ1v) is 6.24. The Hall–Kier alpha value is -0.970. The molecule has 0 aliphatic carbocycles. The number of hydrogen-bond donors (Lipinski definition) is 1. The van der Waals surface area contributed by atoms with Gasteiger partial charge in [0.05, 0.1) is 17.8 Å². The van der Waals surface area contributed by atoms with Gasteiger partial charge in [-0.05, 0) is 32.0 Å². The molecule has 94 valence electrons. The van der Waals surface area contributed by atoms with Gasteiger partial charge in [-0.15, -0.1) is 0 Å². The molecule has 1 aromatic rings. The van der Waals surface area contributed by atoms with E-state index in [-0.39, 0.29) is 6.04 Å². The summed E-state index contributed by atoms with van der Waals surface area (Å²) >= 11 is 0. The van der Waals surface area contributed by atoms with Gasteiger partial charge < -0.3 is 10.5 Å². The molecule has 4 heteroatoms. The van der Waals surface area contributed by atoms with Crippen LogP contribution in [0.25, 0.3) is 0 Å². The number of hydrogen-bond acceptors (Lipinski definition) is 4. The van der Waals surface area contributed by atoms with Crippen molar-refractivity contribution in [2.24, 2.45) is 5.73 Å². The molecule has 1 saturated heterocycles. The molecule has 17 heavy (non-hydrogen) atoms. The summed E-state index contributed by atoms with van der Waals surface area (Å²) < 4.78 is 5.65. The fraction of sp³-hybridized carbons (Fsp3) is 0.615. The van der Waals surface area contributed by atoms with Crippen LogP contribution in [0, 0.1) is 0 Å². The van der Waals surface area contributed by atoms with Crippen LogP contribution in [-0.4, -0.2) is 42.7 Å². The molecule has 2 atom stereocenters. The van der Waals surface area contributed by atoms with E-state index in [1.165, 1.54) is 6.42 Å². The molecular formula is C13H21N3O. The molecule has 0 radical (unpaired) electrons. The maximum absolute atomic E-state index is 5.86. The van der Waals surface area contributed by atoms with Crippen molar-refractivity contribution in [1.82, 2.24) is 9.88 Å². The van der Waals surface area contributed by atoms with Crippen LogP contribution < -0.4 is 5.73 Å². The first-order chi connectivity index (χ1) is 8.31. The van der Waals surface area contributed by atoms with Crippen LogP contribution >= 0.6 is 0 Å². The Morgan fingerprint density at radius 3 is 3.06 bits per heavy atom. The van der Waals surface area contributed by atoms with E-state index in [1.54, 1.807) is 0 Å². The summed E-state index contributed by atoms with van der Waals surface area (Å²) in [7, 11) is 2.09. The van der Waals surface area contributed by atoms with Gasteiger partial charge in [0.2, 0.25) is 0 Å². The second-order valence-corrected chi connectivity index (χ2v) is 4.58. The van der Waals surface area contributed by atoms with Crippen LogP contribution in [0.15, 0.2) is 24.4 Å². The number of rotatable bonds is 5. The molecule has 1 aliphatic rings. The van der Waals surface area contributed by atoms with Crippen LogP contribution in [0.5, 0.6) is 0 Å². The van der Waals surface area contributed by atoms with Crippen molar-refractivity contribution in [3.63, 3.8) is 0 Å². The molecule has 2 rings (SSSR count). The van der Waals surface area contributed by atoms with Crippen LogP contribution in [-0.2, 0) is 4.74 Å². The highest BCUT2D eigenvalue weighted by atomic mass is 16.5. The zero-order chi connectivity index (χ0) is 12.1. The van der Waals surface area contributed by atoms with Crippen LogP contribution in [0.1, 0.15) is 24.6 Å². The van der Waals surface area contributed by atoms with Gasteiger partial charge in [0.25, 0.3) is 0 Å². The highest BCUT2D eigenvalue weighted by Gasteiger charge is 2.22. The van der Waals surface area contributed by atoms with Crippen molar-refractivity contribution in [2.75, 3.05) is 26.7 Å². The van der Waals surface area contributed by atoms with Gasteiger partial charge in [0.15, 0.2) is 0 Å². The van der Waals surface area contributed by atoms with Crippen molar-refractivity contribution in [3.05, 3.63) is 30.1 Å². The number of pyridine rings is 1. The third-order valence-corrected chi connectivity index (χ3v) is 3.30. The second kappa shape index (κ2) is 6.10. The van der Waals surface area contributed by atoms with E-state index in [0.29, 0.717) is 12.6 Å². The topological polar surface area (TPSA) is 51.4 Å². The Kier molecular flexibility index (Phi) is 4.48. The summed E-state index contributed by atoms with van der Waals surface area (Å²) in [6.45, 7) is 2.41. The molecule has 0 spiro atoms. The molecule has 1 aromatic heterocycles. The lowest BCUT2D eigenvalue weighted by atomic mass is 10.1. The number of nitrogens with zero attached hydrogens (tertiary/aromatic N) is 2. The van der Waals surface area contributed by atoms with E-state index < -0.39 is 0 Å². The Morgan fingerprint density at radius 2 is 2.47 bits per heavy atom. The number of ether oxygens (including phenoxy) is 1. The van der Waals surface area contributed by atoms with E-state index in [1.807, 2.05) is 24.4 Å². The standard InChI is InChI=1S/C13H21N3O/c1-16(10-11-5-4-8-17-11)13(9-14)12-6-2-3-7-15-12/h2-3,6-7,11,13H,4-5,8-10,14H2,1H3. The SMILES string of the molecule is CN(CC1CCCO1)C(CN)c1ccccn1. The van der Waals surface area contributed by atoms with Crippen LogP contribution in [0.4, 0.5) is 0 Å². The minimum absolute atomic E-state index is 0.181. The Labute approximate surface area is 103 Å². The van der Waals surface area contributed by atoms with Crippen molar-refractivity contribution >= 4 is 0 Å². The maximum atomic E-state index is 5.86. The molecular weight excluding hydrogens is 214 g/mol. The van der Waals surface area contributed by atoms with Gasteiger partial charge in [-0.25, -0.2) is 0 Å². The third kappa shape index (κ3) is 3.25. The maximum Gasteiger partial charge on any atom is 0.0702 e. The highest BCUT2D eigenvalue weighted by molar-refractivity contribution is 5.09. The molecule has 2 unspecified atom stereocenters. The van der Waals surface area contributed by atoms with Crippen LogP contribution in [0.3, 0.4) is 0 Å². The normalized spacial score (nSPS) is 21.9. The Morgan fingerprint density at radius 1 is 1.59 bits per heavy atom. The smallest absolute Gasteiger partial charge is 0.0702 e. The molecule has 4 nitrogen and oxygen atoms in total. The lowest BCUT2D eigenvalue weighted by Gasteiger charge is -2.28. The first kappa shape index (κ1) is 12.5. The third-order valence-electron chi connectivity index (χ3n) is 3.30. The average molecular weight is 235 g/mol. The van der Waals surface area contributed by atoms with Crippen molar-refractivity contribution in [1.29, 1.82) is 0 Å².